The molecular weight excluding hydrogens is 455 g/mol. The number of thiocarbonyl (C=S) groups is 2. The molecule has 2 rings (SSSR count). The maximum Gasteiger partial charge on any atom is 0.169 e. The average molecular weight is 482 g/mol. The predicted octanol–water partition coefficient (Wildman–Crippen LogP) is 4.51. The maximum atomic E-state index is 13.5. The highest BCUT2D eigenvalue weighted by Crippen LogP contribution is 2.28. The van der Waals surface area contributed by atoms with Crippen LogP contribution in [0.25, 0.3) is 10.9 Å². The standard InChI is InChI=1S/C21H27N3O2S4/c1-13-16-8-7-15(26-6)9-18(16)22-10-17(13)19(25)14(11-29-20(27)23(2)3)12-30-21(28)24(4)5/h7-10,14H,11-12H2,1-6H3. The van der Waals surface area contributed by atoms with E-state index in [0.29, 0.717) is 17.1 Å². The molecule has 0 aliphatic heterocycles. The Labute approximate surface area is 197 Å². The molecule has 1 aromatic carbocycles. The Kier molecular flexibility index (Phi) is 9.33. The van der Waals surface area contributed by atoms with E-state index in [-0.39, 0.29) is 11.7 Å². The van der Waals surface area contributed by atoms with Crippen molar-refractivity contribution in [3.05, 3.63) is 35.5 Å². The molecule has 0 aliphatic carbocycles. The zero-order valence-electron chi connectivity index (χ0n) is 18.1. The van der Waals surface area contributed by atoms with Crippen LogP contribution in [0.3, 0.4) is 0 Å². The van der Waals surface area contributed by atoms with Gasteiger partial charge in [-0.15, -0.1) is 0 Å². The maximum absolute atomic E-state index is 13.5. The molecular formula is C21H27N3O2S4. The fourth-order valence-corrected chi connectivity index (χ4v) is 5.01. The number of ketones is 1. The molecule has 0 saturated carbocycles. The molecule has 1 aromatic heterocycles. The number of pyridine rings is 1. The normalized spacial score (nSPS) is 10.9. The van der Waals surface area contributed by atoms with Crippen LogP contribution < -0.4 is 4.74 Å². The minimum atomic E-state index is -0.230. The van der Waals surface area contributed by atoms with Crippen LogP contribution in [-0.2, 0) is 0 Å². The van der Waals surface area contributed by atoms with Crippen LogP contribution in [0.15, 0.2) is 24.4 Å². The lowest BCUT2D eigenvalue weighted by Crippen LogP contribution is -2.26. The Balaban J connectivity index is 2.31. The number of carbonyl (C=O) groups is 1. The van der Waals surface area contributed by atoms with Crippen molar-refractivity contribution in [2.24, 2.45) is 5.92 Å². The fraction of sp³-hybridized carbons (Fsp3) is 0.429. The van der Waals surface area contributed by atoms with Gasteiger partial charge >= 0.3 is 0 Å². The second kappa shape index (κ2) is 11.3. The summed E-state index contributed by atoms with van der Waals surface area (Å²) in [5, 5.41) is 0.952. The molecule has 2 aromatic rings. The van der Waals surface area contributed by atoms with Gasteiger partial charge in [-0.05, 0) is 24.6 Å². The molecule has 162 valence electrons. The molecule has 0 fully saturated rings. The average Bonchev–Trinajstić information content (AvgIpc) is 2.72. The number of ether oxygens (including phenoxy) is 1. The smallest absolute Gasteiger partial charge is 0.169 e. The number of aryl methyl sites for hydroxylation is 1. The van der Waals surface area contributed by atoms with Crippen LogP contribution in [0.2, 0.25) is 0 Å². The van der Waals surface area contributed by atoms with Gasteiger partial charge < -0.3 is 14.5 Å². The predicted molar refractivity (Wildman–Crippen MR) is 138 cm³/mol. The summed E-state index contributed by atoms with van der Waals surface area (Å²) in [5.74, 6) is 1.78. The number of benzene rings is 1. The molecule has 0 N–H and O–H groups in total. The third-order valence-electron chi connectivity index (χ3n) is 4.53. The van der Waals surface area contributed by atoms with Crippen molar-refractivity contribution in [1.82, 2.24) is 14.8 Å². The second-order valence-electron chi connectivity index (χ2n) is 7.18. The number of aromatic nitrogens is 1. The highest BCUT2D eigenvalue weighted by atomic mass is 32.2. The van der Waals surface area contributed by atoms with E-state index in [0.717, 1.165) is 30.9 Å². The molecule has 30 heavy (non-hydrogen) atoms. The molecule has 1 heterocycles. The number of nitrogens with zero attached hydrogens (tertiary/aromatic N) is 3. The van der Waals surface area contributed by atoms with Crippen molar-refractivity contribution in [3.8, 4) is 5.75 Å². The van der Waals surface area contributed by atoms with E-state index in [1.807, 2.05) is 63.1 Å². The lowest BCUT2D eigenvalue weighted by Gasteiger charge is -2.20. The van der Waals surface area contributed by atoms with E-state index in [2.05, 4.69) is 4.98 Å². The van der Waals surface area contributed by atoms with Gasteiger partial charge in [-0.3, -0.25) is 9.78 Å². The zero-order chi connectivity index (χ0) is 22.4. The van der Waals surface area contributed by atoms with E-state index < -0.39 is 0 Å². The second-order valence-corrected chi connectivity index (χ2v) is 10.5. The summed E-state index contributed by atoms with van der Waals surface area (Å²) in [4.78, 5) is 21.8. The summed E-state index contributed by atoms with van der Waals surface area (Å²) in [6, 6.07) is 5.72. The van der Waals surface area contributed by atoms with E-state index in [1.54, 1.807) is 13.3 Å². The number of methoxy groups -OCH3 is 1. The van der Waals surface area contributed by atoms with Crippen molar-refractivity contribution in [3.63, 3.8) is 0 Å². The monoisotopic (exact) mass is 481 g/mol. The number of carbonyl (C=O) groups excluding carboxylic acids is 1. The van der Waals surface area contributed by atoms with E-state index in [4.69, 9.17) is 29.2 Å². The number of Topliss-reactive ketones (excluding diaryl/α,β-unsaturated/α-hetero) is 1. The molecule has 0 saturated heterocycles. The molecule has 0 spiro atoms. The van der Waals surface area contributed by atoms with Gasteiger partial charge in [0, 0.05) is 68.8 Å². The molecule has 0 amide bonds. The van der Waals surface area contributed by atoms with Crippen LogP contribution in [-0.4, -0.2) is 76.0 Å². The summed E-state index contributed by atoms with van der Waals surface area (Å²) in [6.45, 7) is 1.97. The number of hydrogen-bond donors (Lipinski definition) is 0. The van der Waals surface area contributed by atoms with Crippen molar-refractivity contribution in [1.29, 1.82) is 0 Å². The van der Waals surface area contributed by atoms with Gasteiger partial charge in [-0.1, -0.05) is 48.0 Å². The van der Waals surface area contributed by atoms with Gasteiger partial charge in [0.1, 0.15) is 14.4 Å². The summed E-state index contributed by atoms with van der Waals surface area (Å²) in [6.07, 6.45) is 1.68. The van der Waals surface area contributed by atoms with Crippen molar-refractivity contribution < 1.29 is 9.53 Å². The largest absolute Gasteiger partial charge is 0.497 e. The summed E-state index contributed by atoms with van der Waals surface area (Å²) in [7, 11) is 9.27. The summed E-state index contributed by atoms with van der Waals surface area (Å²) < 4.78 is 6.80. The lowest BCUT2D eigenvalue weighted by atomic mass is 9.96. The van der Waals surface area contributed by atoms with Crippen molar-refractivity contribution >= 4 is 73.3 Å². The number of rotatable bonds is 7. The first-order chi connectivity index (χ1) is 14.1. The zero-order valence-corrected chi connectivity index (χ0v) is 21.4. The van der Waals surface area contributed by atoms with E-state index in [1.165, 1.54) is 23.5 Å². The summed E-state index contributed by atoms with van der Waals surface area (Å²) >= 11 is 13.8. The van der Waals surface area contributed by atoms with Crippen LogP contribution in [0.4, 0.5) is 0 Å². The Morgan fingerprint density at radius 2 is 1.67 bits per heavy atom. The molecule has 0 atom stereocenters. The van der Waals surface area contributed by atoms with Crippen LogP contribution in [0, 0.1) is 12.8 Å². The first-order valence-electron chi connectivity index (χ1n) is 9.31. The minimum absolute atomic E-state index is 0.0702. The quantitative estimate of drug-likeness (QED) is 0.420. The fourth-order valence-electron chi connectivity index (χ4n) is 2.71. The van der Waals surface area contributed by atoms with Crippen LogP contribution >= 0.6 is 48.0 Å². The number of hydrogen-bond acceptors (Lipinski definition) is 7. The first-order valence-corrected chi connectivity index (χ1v) is 12.1. The topological polar surface area (TPSA) is 45.7 Å². The minimum Gasteiger partial charge on any atom is -0.497 e. The van der Waals surface area contributed by atoms with Crippen LogP contribution in [0.5, 0.6) is 5.75 Å². The molecule has 0 unspecified atom stereocenters. The third kappa shape index (κ3) is 6.29. The first kappa shape index (κ1) is 24.8. The van der Waals surface area contributed by atoms with Crippen molar-refractivity contribution in [2.75, 3.05) is 46.8 Å². The van der Waals surface area contributed by atoms with Gasteiger partial charge in [0.25, 0.3) is 0 Å². The lowest BCUT2D eigenvalue weighted by molar-refractivity contribution is 0.0943. The molecule has 0 bridgehead atoms. The Bertz CT molecular complexity index is 923. The van der Waals surface area contributed by atoms with Gasteiger partial charge in [0.05, 0.1) is 12.6 Å². The van der Waals surface area contributed by atoms with Crippen molar-refractivity contribution in [2.45, 2.75) is 6.92 Å². The Morgan fingerprint density at radius 3 is 2.17 bits per heavy atom. The molecule has 9 heteroatoms. The third-order valence-corrected chi connectivity index (χ3v) is 8.33. The van der Waals surface area contributed by atoms with E-state index in [9.17, 15) is 4.79 Å². The van der Waals surface area contributed by atoms with Gasteiger partial charge in [-0.2, -0.15) is 0 Å². The van der Waals surface area contributed by atoms with E-state index >= 15 is 0 Å². The Morgan fingerprint density at radius 1 is 1.10 bits per heavy atom. The SMILES string of the molecule is COc1ccc2c(C)c(C(=O)C(CSC(=S)N(C)C)CSC(=S)N(C)C)cnc2c1. The number of thioether (sulfide) groups is 2. The number of fused-ring (bicyclic) bond motifs is 1. The van der Waals surface area contributed by atoms with Crippen LogP contribution in [0.1, 0.15) is 15.9 Å². The van der Waals surface area contributed by atoms with Gasteiger partial charge in [0.2, 0.25) is 0 Å². The highest BCUT2D eigenvalue weighted by Gasteiger charge is 2.25. The molecule has 0 radical (unpaired) electrons. The Hall–Kier alpha value is -1.42. The molecule has 0 aliphatic rings. The molecule has 5 nitrogen and oxygen atoms in total. The van der Waals surface area contributed by atoms with Gasteiger partial charge in [-0.25, -0.2) is 0 Å². The van der Waals surface area contributed by atoms with Gasteiger partial charge in [0.15, 0.2) is 5.78 Å². The highest BCUT2D eigenvalue weighted by molar-refractivity contribution is 8.23. The summed E-state index contributed by atoms with van der Waals surface area (Å²) in [5.41, 5.74) is 2.38.